The summed E-state index contributed by atoms with van der Waals surface area (Å²) in [6.45, 7) is 13.5. The zero-order valence-corrected chi connectivity index (χ0v) is 11.8. The second-order valence-corrected chi connectivity index (χ2v) is 4.94. The fraction of sp³-hybridized carbons (Fsp3) is 0.500. The Kier molecular flexibility index (Phi) is 7.82. The highest BCUT2D eigenvalue weighted by molar-refractivity contribution is 5.65. The van der Waals surface area contributed by atoms with Gasteiger partial charge in [-0.1, -0.05) is 31.2 Å². The van der Waals surface area contributed by atoms with E-state index in [1.807, 2.05) is 25.2 Å². The summed E-state index contributed by atoms with van der Waals surface area (Å²) < 4.78 is 4.84. The molecule has 0 aliphatic rings. The minimum atomic E-state index is -0.254. The summed E-state index contributed by atoms with van der Waals surface area (Å²) in [5.41, 5.74) is 4.09. The molecule has 0 bridgehead atoms. The van der Waals surface area contributed by atoms with Gasteiger partial charge in [0.05, 0.1) is 0 Å². The van der Waals surface area contributed by atoms with Crippen LogP contribution < -0.4 is 0 Å². The molecule has 0 saturated heterocycles. The smallest absolute Gasteiger partial charge is 0.302 e. The van der Waals surface area contributed by atoms with Crippen molar-refractivity contribution in [1.29, 1.82) is 0 Å². The van der Waals surface area contributed by atoms with E-state index in [2.05, 4.69) is 25.8 Å². The summed E-state index contributed by atoms with van der Waals surface area (Å²) in [4.78, 5) is 10.6. The maximum atomic E-state index is 10.6. The van der Waals surface area contributed by atoms with E-state index in [-0.39, 0.29) is 11.4 Å². The van der Waals surface area contributed by atoms with Crippen molar-refractivity contribution in [1.82, 2.24) is 0 Å². The highest BCUT2D eigenvalue weighted by Crippen LogP contribution is 2.30. The van der Waals surface area contributed by atoms with Crippen LogP contribution in [-0.2, 0) is 9.53 Å². The molecular formula is C16H24O2. The van der Waals surface area contributed by atoms with Gasteiger partial charge in [-0.2, -0.15) is 0 Å². The average Bonchev–Trinajstić information content (AvgIpc) is 2.26. The summed E-state index contributed by atoms with van der Waals surface area (Å²) in [7, 11) is 0. The molecular weight excluding hydrogens is 224 g/mol. The van der Waals surface area contributed by atoms with Crippen molar-refractivity contribution in [3.63, 3.8) is 0 Å². The molecule has 0 amide bonds. The third kappa shape index (κ3) is 8.60. The standard InChI is InChI=1S/C16H24O2/c1-6-10-16(5,12-9-14(2)3)11-7-8-13-18-15(4)17/h7-8,10H,1-2,9,11-13H2,3-5H3/b8-7+. The van der Waals surface area contributed by atoms with Crippen molar-refractivity contribution in [2.75, 3.05) is 6.61 Å². The first-order chi connectivity index (χ1) is 8.39. The predicted molar refractivity (Wildman–Crippen MR) is 76.3 cm³/mol. The van der Waals surface area contributed by atoms with Gasteiger partial charge >= 0.3 is 5.97 Å². The maximum absolute atomic E-state index is 10.6. The highest BCUT2D eigenvalue weighted by Gasteiger charge is 2.18. The van der Waals surface area contributed by atoms with Gasteiger partial charge in [-0.25, -0.2) is 0 Å². The van der Waals surface area contributed by atoms with Crippen molar-refractivity contribution in [2.24, 2.45) is 5.41 Å². The number of ether oxygens (including phenoxy) is 1. The van der Waals surface area contributed by atoms with Crippen LogP contribution >= 0.6 is 0 Å². The highest BCUT2D eigenvalue weighted by atomic mass is 16.5. The molecule has 1 atom stereocenters. The van der Waals surface area contributed by atoms with E-state index in [4.69, 9.17) is 4.74 Å². The summed E-state index contributed by atoms with van der Waals surface area (Å²) in [5, 5.41) is 0. The lowest BCUT2D eigenvalue weighted by Gasteiger charge is -2.23. The lowest BCUT2D eigenvalue weighted by Crippen LogP contribution is -2.12. The van der Waals surface area contributed by atoms with Gasteiger partial charge in [-0.05, 0) is 37.7 Å². The molecule has 2 heteroatoms. The fourth-order valence-electron chi connectivity index (χ4n) is 1.56. The summed E-state index contributed by atoms with van der Waals surface area (Å²) in [6, 6.07) is 0. The average molecular weight is 248 g/mol. The van der Waals surface area contributed by atoms with E-state index < -0.39 is 0 Å². The molecule has 0 aromatic carbocycles. The van der Waals surface area contributed by atoms with E-state index in [1.54, 1.807) is 0 Å². The minimum Gasteiger partial charge on any atom is -0.462 e. The molecule has 0 aromatic rings. The largest absolute Gasteiger partial charge is 0.462 e. The van der Waals surface area contributed by atoms with Crippen molar-refractivity contribution in [3.05, 3.63) is 42.7 Å². The van der Waals surface area contributed by atoms with Gasteiger partial charge in [0.25, 0.3) is 0 Å². The Morgan fingerprint density at radius 3 is 2.56 bits per heavy atom. The normalized spacial score (nSPS) is 13.7. The van der Waals surface area contributed by atoms with E-state index in [9.17, 15) is 4.79 Å². The van der Waals surface area contributed by atoms with Crippen molar-refractivity contribution in [3.8, 4) is 0 Å². The van der Waals surface area contributed by atoms with Crippen molar-refractivity contribution in [2.45, 2.75) is 40.0 Å². The molecule has 0 radical (unpaired) electrons. The molecule has 0 spiro atoms. The molecule has 0 rings (SSSR count). The SMILES string of the molecule is C=C=CC(C)(C/C=C/COC(C)=O)CCC(=C)C. The third-order valence-corrected chi connectivity index (χ3v) is 2.71. The predicted octanol–water partition coefficient (Wildman–Crippen LogP) is 4.20. The van der Waals surface area contributed by atoms with Gasteiger partial charge in [-0.3, -0.25) is 4.79 Å². The van der Waals surface area contributed by atoms with Crippen LogP contribution in [0.15, 0.2) is 42.7 Å². The quantitative estimate of drug-likeness (QED) is 0.365. The van der Waals surface area contributed by atoms with Gasteiger partial charge in [0.2, 0.25) is 0 Å². The lowest BCUT2D eigenvalue weighted by atomic mass is 9.81. The number of rotatable bonds is 8. The van der Waals surface area contributed by atoms with Crippen LogP contribution in [0.1, 0.15) is 40.0 Å². The Balaban J connectivity index is 4.29. The molecule has 1 unspecified atom stereocenters. The molecule has 2 nitrogen and oxygen atoms in total. The summed E-state index contributed by atoms with van der Waals surface area (Å²) >= 11 is 0. The Bertz CT molecular complexity index is 359. The minimum absolute atomic E-state index is 0.0351. The molecule has 0 aliphatic carbocycles. The molecule has 0 aliphatic heterocycles. The number of esters is 1. The topological polar surface area (TPSA) is 26.3 Å². The van der Waals surface area contributed by atoms with Crippen LogP contribution in [0.25, 0.3) is 0 Å². The van der Waals surface area contributed by atoms with E-state index in [1.165, 1.54) is 12.5 Å². The van der Waals surface area contributed by atoms with Gasteiger partial charge in [0.15, 0.2) is 0 Å². The number of allylic oxidation sites excluding steroid dienone is 3. The second-order valence-electron chi connectivity index (χ2n) is 4.94. The van der Waals surface area contributed by atoms with Gasteiger partial charge < -0.3 is 4.74 Å². The summed E-state index contributed by atoms with van der Waals surface area (Å²) in [5.74, 6) is -0.254. The third-order valence-electron chi connectivity index (χ3n) is 2.71. The number of carbonyl (C=O) groups excluding carboxylic acids is 1. The second kappa shape index (κ2) is 8.54. The van der Waals surface area contributed by atoms with E-state index in [0.717, 1.165) is 19.3 Å². The molecule has 0 aromatic heterocycles. The van der Waals surface area contributed by atoms with Crippen LogP contribution in [0.3, 0.4) is 0 Å². The number of carbonyl (C=O) groups is 1. The van der Waals surface area contributed by atoms with Gasteiger partial charge in [0.1, 0.15) is 6.61 Å². The van der Waals surface area contributed by atoms with E-state index >= 15 is 0 Å². The Hall–Kier alpha value is -1.53. The lowest BCUT2D eigenvalue weighted by molar-refractivity contribution is -0.139. The van der Waals surface area contributed by atoms with Crippen LogP contribution in [0, 0.1) is 5.41 Å². The first-order valence-electron chi connectivity index (χ1n) is 6.19. The molecule has 0 heterocycles. The first-order valence-corrected chi connectivity index (χ1v) is 6.19. The Labute approximate surface area is 111 Å². The van der Waals surface area contributed by atoms with Crippen molar-refractivity contribution < 1.29 is 9.53 Å². The molecule has 0 fully saturated rings. The van der Waals surface area contributed by atoms with Crippen LogP contribution in [-0.4, -0.2) is 12.6 Å². The monoisotopic (exact) mass is 248 g/mol. The van der Waals surface area contributed by atoms with Crippen molar-refractivity contribution >= 4 is 5.97 Å². The Morgan fingerprint density at radius 1 is 1.39 bits per heavy atom. The number of hydrogen-bond donors (Lipinski definition) is 0. The summed E-state index contributed by atoms with van der Waals surface area (Å²) in [6.07, 6.45) is 8.80. The molecule has 100 valence electrons. The molecule has 0 saturated carbocycles. The zero-order chi connectivity index (χ0) is 14.0. The van der Waals surface area contributed by atoms with Gasteiger partial charge in [-0.15, -0.1) is 12.3 Å². The van der Waals surface area contributed by atoms with Crippen LogP contribution in [0.4, 0.5) is 0 Å². The zero-order valence-electron chi connectivity index (χ0n) is 11.8. The fourth-order valence-corrected chi connectivity index (χ4v) is 1.56. The number of hydrogen-bond acceptors (Lipinski definition) is 2. The maximum Gasteiger partial charge on any atom is 0.302 e. The Morgan fingerprint density at radius 2 is 2.06 bits per heavy atom. The van der Waals surface area contributed by atoms with E-state index in [0.29, 0.717) is 6.61 Å². The van der Waals surface area contributed by atoms with Gasteiger partial charge in [0, 0.05) is 6.92 Å². The van der Waals surface area contributed by atoms with Crippen LogP contribution in [0.5, 0.6) is 0 Å². The first kappa shape index (κ1) is 16.5. The van der Waals surface area contributed by atoms with Crippen LogP contribution in [0.2, 0.25) is 0 Å². The molecule has 0 N–H and O–H groups in total. The molecule has 18 heavy (non-hydrogen) atoms.